The summed E-state index contributed by atoms with van der Waals surface area (Å²) in [5.41, 5.74) is 0.639. The van der Waals surface area contributed by atoms with Gasteiger partial charge in [-0.25, -0.2) is 9.37 Å². The Morgan fingerprint density at radius 2 is 2.08 bits per heavy atom. The standard InChI is InChI=1S/C17H18FN3O2S/c1-20(2)17(23)14-8-5-9-21(14)16(22)13-10-24-15(19-13)11-6-3-4-7-12(11)18/h3-4,6-7,10,14H,5,8-9H2,1-2H3/t14-/m1/s1. The van der Waals surface area contributed by atoms with E-state index in [4.69, 9.17) is 0 Å². The van der Waals surface area contributed by atoms with E-state index in [0.29, 0.717) is 23.5 Å². The molecular formula is C17H18FN3O2S. The molecule has 2 heterocycles. The Labute approximate surface area is 143 Å². The van der Waals surface area contributed by atoms with Crippen LogP contribution in [0.25, 0.3) is 10.6 Å². The molecule has 0 radical (unpaired) electrons. The summed E-state index contributed by atoms with van der Waals surface area (Å²) in [4.78, 5) is 32.3. The van der Waals surface area contributed by atoms with Crippen molar-refractivity contribution in [2.75, 3.05) is 20.6 Å². The second kappa shape index (κ2) is 6.68. The number of benzene rings is 1. The van der Waals surface area contributed by atoms with Gasteiger partial charge >= 0.3 is 0 Å². The Bertz CT molecular complexity index is 775. The molecule has 2 aromatic rings. The highest BCUT2D eigenvalue weighted by molar-refractivity contribution is 7.13. The summed E-state index contributed by atoms with van der Waals surface area (Å²) in [6.07, 6.45) is 1.45. The minimum Gasteiger partial charge on any atom is -0.347 e. The topological polar surface area (TPSA) is 53.5 Å². The molecule has 0 unspecified atom stereocenters. The highest BCUT2D eigenvalue weighted by atomic mass is 32.1. The van der Waals surface area contributed by atoms with E-state index in [1.807, 2.05) is 0 Å². The molecule has 0 bridgehead atoms. The van der Waals surface area contributed by atoms with Gasteiger partial charge in [-0.15, -0.1) is 11.3 Å². The lowest BCUT2D eigenvalue weighted by molar-refractivity contribution is -0.132. The van der Waals surface area contributed by atoms with Crippen LogP contribution in [0.2, 0.25) is 0 Å². The van der Waals surface area contributed by atoms with Crippen LogP contribution in [0.3, 0.4) is 0 Å². The van der Waals surface area contributed by atoms with Crippen LogP contribution in [0.15, 0.2) is 29.6 Å². The van der Waals surface area contributed by atoms with Crippen LogP contribution in [0, 0.1) is 5.82 Å². The van der Waals surface area contributed by atoms with Crippen molar-refractivity contribution in [3.8, 4) is 10.6 Å². The van der Waals surface area contributed by atoms with Crippen molar-refractivity contribution >= 4 is 23.2 Å². The number of thiazole rings is 1. The van der Waals surface area contributed by atoms with Crippen molar-refractivity contribution < 1.29 is 14.0 Å². The molecule has 1 aliphatic heterocycles. The largest absolute Gasteiger partial charge is 0.347 e. The smallest absolute Gasteiger partial charge is 0.274 e. The summed E-state index contributed by atoms with van der Waals surface area (Å²) in [7, 11) is 3.37. The minimum absolute atomic E-state index is 0.0783. The fraction of sp³-hybridized carbons (Fsp3) is 0.353. The fourth-order valence-electron chi connectivity index (χ4n) is 2.84. The lowest BCUT2D eigenvalue weighted by atomic mass is 10.2. The third kappa shape index (κ3) is 3.03. The van der Waals surface area contributed by atoms with Crippen molar-refractivity contribution in [2.24, 2.45) is 0 Å². The van der Waals surface area contributed by atoms with Crippen LogP contribution in [0.1, 0.15) is 23.3 Å². The van der Waals surface area contributed by atoms with E-state index in [-0.39, 0.29) is 23.3 Å². The molecule has 7 heteroatoms. The van der Waals surface area contributed by atoms with Gasteiger partial charge in [0.05, 0.1) is 0 Å². The minimum atomic E-state index is -0.439. The SMILES string of the molecule is CN(C)C(=O)[C@H]1CCCN1C(=O)c1csc(-c2ccccc2F)n1. The summed E-state index contributed by atoms with van der Waals surface area (Å²) in [6, 6.07) is 5.90. The number of amides is 2. The molecule has 1 aromatic carbocycles. The van der Waals surface area contributed by atoms with Crippen LogP contribution in [0.5, 0.6) is 0 Å². The van der Waals surface area contributed by atoms with Gasteiger partial charge in [-0.3, -0.25) is 9.59 Å². The summed E-state index contributed by atoms with van der Waals surface area (Å²) in [5, 5.41) is 2.09. The molecule has 0 aliphatic carbocycles. The molecule has 1 aromatic heterocycles. The summed E-state index contributed by atoms with van der Waals surface area (Å²) in [5.74, 6) is -0.718. The average Bonchev–Trinajstić information content (AvgIpc) is 3.23. The molecule has 3 rings (SSSR count). The molecule has 2 amide bonds. The second-order valence-electron chi connectivity index (χ2n) is 5.91. The maximum absolute atomic E-state index is 13.9. The molecule has 1 atom stereocenters. The number of nitrogens with zero attached hydrogens (tertiary/aromatic N) is 3. The maximum Gasteiger partial charge on any atom is 0.274 e. The number of likely N-dealkylation sites (tertiary alicyclic amines) is 1. The third-order valence-corrected chi connectivity index (χ3v) is 4.94. The Hall–Kier alpha value is -2.28. The summed E-state index contributed by atoms with van der Waals surface area (Å²) < 4.78 is 13.9. The van der Waals surface area contributed by atoms with Crippen molar-refractivity contribution in [2.45, 2.75) is 18.9 Å². The first-order chi connectivity index (χ1) is 11.5. The van der Waals surface area contributed by atoms with E-state index in [2.05, 4.69) is 4.98 Å². The molecule has 1 aliphatic rings. The zero-order chi connectivity index (χ0) is 17.3. The molecule has 1 saturated heterocycles. The normalized spacial score (nSPS) is 17.1. The van der Waals surface area contributed by atoms with Gasteiger partial charge in [0.15, 0.2) is 0 Å². The molecule has 0 N–H and O–H groups in total. The molecule has 5 nitrogen and oxygen atoms in total. The Morgan fingerprint density at radius 1 is 1.33 bits per heavy atom. The van der Waals surface area contributed by atoms with Crippen LogP contribution < -0.4 is 0 Å². The highest BCUT2D eigenvalue weighted by Gasteiger charge is 2.36. The van der Waals surface area contributed by atoms with Crippen LogP contribution in [-0.2, 0) is 4.79 Å². The number of aromatic nitrogens is 1. The predicted molar refractivity (Wildman–Crippen MR) is 90.3 cm³/mol. The highest BCUT2D eigenvalue weighted by Crippen LogP contribution is 2.28. The Morgan fingerprint density at radius 3 is 2.79 bits per heavy atom. The number of halogens is 1. The first-order valence-corrected chi connectivity index (χ1v) is 8.59. The van der Waals surface area contributed by atoms with Crippen LogP contribution >= 0.6 is 11.3 Å². The monoisotopic (exact) mass is 347 g/mol. The van der Waals surface area contributed by atoms with E-state index < -0.39 is 6.04 Å². The van der Waals surface area contributed by atoms with E-state index >= 15 is 0 Å². The molecule has 0 spiro atoms. The number of carbonyl (C=O) groups excluding carboxylic acids is 2. The van der Waals surface area contributed by atoms with Crippen molar-refractivity contribution in [1.29, 1.82) is 0 Å². The van der Waals surface area contributed by atoms with Crippen molar-refractivity contribution in [3.63, 3.8) is 0 Å². The average molecular weight is 347 g/mol. The van der Waals surface area contributed by atoms with E-state index in [0.717, 1.165) is 6.42 Å². The first kappa shape index (κ1) is 16.6. The van der Waals surface area contributed by atoms with Crippen molar-refractivity contribution in [1.82, 2.24) is 14.8 Å². The van der Waals surface area contributed by atoms with Gasteiger partial charge in [-0.2, -0.15) is 0 Å². The van der Waals surface area contributed by atoms with E-state index in [9.17, 15) is 14.0 Å². The molecule has 1 fully saturated rings. The lowest BCUT2D eigenvalue weighted by Crippen LogP contribution is -2.45. The Balaban J connectivity index is 1.84. The molecule has 0 saturated carbocycles. The quantitative estimate of drug-likeness (QED) is 0.858. The number of likely N-dealkylation sites (N-methyl/N-ethyl adjacent to an activating group) is 1. The molecular weight excluding hydrogens is 329 g/mol. The van der Waals surface area contributed by atoms with Gasteiger partial charge in [-0.05, 0) is 25.0 Å². The zero-order valence-electron chi connectivity index (χ0n) is 13.5. The molecule has 126 valence electrons. The third-order valence-electron chi connectivity index (χ3n) is 4.07. The number of hydrogen-bond donors (Lipinski definition) is 0. The van der Waals surface area contributed by atoms with Gasteiger partial charge in [0.1, 0.15) is 22.6 Å². The molecule has 24 heavy (non-hydrogen) atoms. The zero-order valence-corrected chi connectivity index (χ0v) is 14.3. The maximum atomic E-state index is 13.9. The summed E-state index contributed by atoms with van der Waals surface area (Å²) >= 11 is 1.23. The summed E-state index contributed by atoms with van der Waals surface area (Å²) in [6.45, 7) is 0.537. The lowest BCUT2D eigenvalue weighted by Gasteiger charge is -2.25. The van der Waals surface area contributed by atoms with Gasteiger partial charge in [0.2, 0.25) is 5.91 Å². The second-order valence-corrected chi connectivity index (χ2v) is 6.77. The fourth-order valence-corrected chi connectivity index (χ4v) is 3.66. The first-order valence-electron chi connectivity index (χ1n) is 7.71. The van der Waals surface area contributed by atoms with Gasteiger partial charge in [0, 0.05) is 31.6 Å². The number of rotatable bonds is 3. The Kier molecular flexibility index (Phi) is 4.62. The van der Waals surface area contributed by atoms with Gasteiger partial charge in [-0.1, -0.05) is 12.1 Å². The van der Waals surface area contributed by atoms with Gasteiger partial charge in [0.25, 0.3) is 5.91 Å². The van der Waals surface area contributed by atoms with Crippen molar-refractivity contribution in [3.05, 3.63) is 41.2 Å². The van der Waals surface area contributed by atoms with E-state index in [1.54, 1.807) is 42.6 Å². The number of hydrogen-bond acceptors (Lipinski definition) is 4. The predicted octanol–water partition coefficient (Wildman–Crippen LogP) is 2.64. The van der Waals surface area contributed by atoms with Crippen LogP contribution in [0.4, 0.5) is 4.39 Å². The number of carbonyl (C=O) groups is 2. The van der Waals surface area contributed by atoms with Crippen LogP contribution in [-0.4, -0.2) is 53.3 Å². The van der Waals surface area contributed by atoms with E-state index in [1.165, 1.54) is 22.3 Å². The van der Waals surface area contributed by atoms with Gasteiger partial charge < -0.3 is 9.80 Å².